The highest BCUT2D eigenvalue weighted by Crippen LogP contribution is 2.30. The van der Waals surface area contributed by atoms with E-state index in [-0.39, 0.29) is 5.91 Å². The molecule has 1 atom stereocenters. The highest BCUT2D eigenvalue weighted by atomic mass is 16.5. The Labute approximate surface area is 125 Å². The summed E-state index contributed by atoms with van der Waals surface area (Å²) in [4.78, 5) is 14.7. The molecule has 21 heavy (non-hydrogen) atoms. The minimum absolute atomic E-state index is 0.268. The summed E-state index contributed by atoms with van der Waals surface area (Å²) in [5.41, 5.74) is 1.99. The van der Waals surface area contributed by atoms with Gasteiger partial charge >= 0.3 is 0 Å². The fourth-order valence-corrected chi connectivity index (χ4v) is 3.08. The molecule has 1 aliphatic carbocycles. The second-order valence-corrected chi connectivity index (χ2v) is 6.31. The lowest BCUT2D eigenvalue weighted by Gasteiger charge is -2.25. The first-order valence-corrected chi connectivity index (χ1v) is 7.94. The largest absolute Gasteiger partial charge is 0.381 e. The van der Waals surface area contributed by atoms with Crippen LogP contribution < -0.4 is 0 Å². The van der Waals surface area contributed by atoms with Gasteiger partial charge in [0.1, 0.15) is 5.76 Å². The van der Waals surface area contributed by atoms with Crippen LogP contribution in [0.2, 0.25) is 0 Å². The van der Waals surface area contributed by atoms with Gasteiger partial charge in [0.05, 0.1) is 12.3 Å². The van der Waals surface area contributed by atoms with E-state index in [1.165, 1.54) is 0 Å². The second-order valence-electron chi connectivity index (χ2n) is 6.31. The number of aryl methyl sites for hydroxylation is 2. The summed E-state index contributed by atoms with van der Waals surface area (Å²) in [6.45, 7) is 6.36. The van der Waals surface area contributed by atoms with E-state index < -0.39 is 0 Å². The fraction of sp³-hybridized carbons (Fsp3) is 0.750. The molecule has 1 unspecified atom stereocenters. The van der Waals surface area contributed by atoms with Gasteiger partial charge in [0.15, 0.2) is 0 Å². The van der Waals surface area contributed by atoms with Crippen molar-refractivity contribution in [2.45, 2.75) is 52.0 Å². The molecule has 2 aliphatic rings. The molecule has 0 spiro atoms. The van der Waals surface area contributed by atoms with Crippen LogP contribution in [0, 0.1) is 19.8 Å². The molecule has 5 heteroatoms. The lowest BCUT2D eigenvalue weighted by atomic mass is 10.1. The highest BCUT2D eigenvalue weighted by Gasteiger charge is 2.34. The Morgan fingerprint density at radius 2 is 2.14 bits per heavy atom. The van der Waals surface area contributed by atoms with Gasteiger partial charge in [0.25, 0.3) is 0 Å². The maximum absolute atomic E-state index is 12.6. The normalized spacial score (nSPS) is 21.7. The van der Waals surface area contributed by atoms with Crippen LogP contribution in [0.4, 0.5) is 0 Å². The lowest BCUT2D eigenvalue weighted by molar-refractivity contribution is -0.132. The molecule has 2 heterocycles. The molecule has 5 nitrogen and oxygen atoms in total. The van der Waals surface area contributed by atoms with Crippen LogP contribution >= 0.6 is 0 Å². The average molecular weight is 292 g/mol. The van der Waals surface area contributed by atoms with Crippen molar-refractivity contribution in [1.29, 1.82) is 0 Å². The van der Waals surface area contributed by atoms with Crippen molar-refractivity contribution in [3.05, 3.63) is 17.0 Å². The molecule has 1 amide bonds. The quantitative estimate of drug-likeness (QED) is 0.807. The maximum Gasteiger partial charge on any atom is 0.223 e. The zero-order chi connectivity index (χ0) is 14.8. The van der Waals surface area contributed by atoms with Crippen LogP contribution in [-0.2, 0) is 16.0 Å². The van der Waals surface area contributed by atoms with Crippen molar-refractivity contribution in [3.63, 3.8) is 0 Å². The smallest absolute Gasteiger partial charge is 0.223 e. The van der Waals surface area contributed by atoms with Gasteiger partial charge in [-0.25, -0.2) is 0 Å². The Morgan fingerprint density at radius 1 is 1.33 bits per heavy atom. The van der Waals surface area contributed by atoms with Gasteiger partial charge in [0, 0.05) is 37.1 Å². The van der Waals surface area contributed by atoms with E-state index in [4.69, 9.17) is 9.26 Å². The zero-order valence-corrected chi connectivity index (χ0v) is 12.9. The van der Waals surface area contributed by atoms with Crippen LogP contribution in [0.25, 0.3) is 0 Å². The Kier molecular flexibility index (Phi) is 4.29. The van der Waals surface area contributed by atoms with Crippen molar-refractivity contribution < 1.29 is 14.1 Å². The van der Waals surface area contributed by atoms with E-state index in [1.54, 1.807) is 0 Å². The minimum Gasteiger partial charge on any atom is -0.381 e. The number of carbonyl (C=O) groups excluding carboxylic acids is 1. The van der Waals surface area contributed by atoms with Crippen molar-refractivity contribution in [2.75, 3.05) is 19.8 Å². The van der Waals surface area contributed by atoms with Crippen LogP contribution in [0.1, 0.15) is 42.7 Å². The molecular weight excluding hydrogens is 268 g/mol. The molecule has 1 aliphatic heterocycles. The number of ether oxygens (including phenoxy) is 1. The van der Waals surface area contributed by atoms with Crippen molar-refractivity contribution in [2.24, 2.45) is 5.92 Å². The predicted octanol–water partition coefficient (Wildman–Crippen LogP) is 2.25. The third kappa shape index (κ3) is 3.46. The number of aromatic nitrogens is 1. The van der Waals surface area contributed by atoms with E-state index in [0.717, 1.165) is 62.5 Å². The van der Waals surface area contributed by atoms with E-state index in [0.29, 0.717) is 18.4 Å². The van der Waals surface area contributed by atoms with E-state index in [1.807, 2.05) is 13.8 Å². The third-order valence-electron chi connectivity index (χ3n) is 4.56. The first-order chi connectivity index (χ1) is 10.1. The van der Waals surface area contributed by atoms with Crippen LogP contribution in [0.15, 0.2) is 4.52 Å². The Bertz CT molecular complexity index is 482. The van der Waals surface area contributed by atoms with Gasteiger partial charge in [-0.2, -0.15) is 0 Å². The van der Waals surface area contributed by atoms with Crippen molar-refractivity contribution in [3.8, 4) is 0 Å². The van der Waals surface area contributed by atoms with Crippen molar-refractivity contribution in [1.82, 2.24) is 10.1 Å². The van der Waals surface area contributed by atoms with E-state index >= 15 is 0 Å². The summed E-state index contributed by atoms with van der Waals surface area (Å²) in [7, 11) is 0. The van der Waals surface area contributed by atoms with Gasteiger partial charge in [-0.1, -0.05) is 5.16 Å². The lowest BCUT2D eigenvalue weighted by Crippen LogP contribution is -2.37. The number of rotatable bonds is 6. The molecule has 116 valence electrons. The molecule has 2 fully saturated rings. The molecule has 1 saturated carbocycles. The molecule has 1 saturated heterocycles. The molecule has 0 bridgehead atoms. The summed E-state index contributed by atoms with van der Waals surface area (Å²) in [5.74, 6) is 1.63. The summed E-state index contributed by atoms with van der Waals surface area (Å²) in [6, 6.07) is 0.475. The number of amides is 1. The molecule has 0 N–H and O–H groups in total. The number of carbonyl (C=O) groups is 1. The summed E-state index contributed by atoms with van der Waals surface area (Å²) in [6.07, 6.45) is 4.67. The standard InChI is InChI=1S/C16H24N2O3/c1-11-15(12(2)21-17-11)5-6-16(19)18(14-3-4-14)9-13-7-8-20-10-13/h13-14H,3-10H2,1-2H3. The molecule has 0 radical (unpaired) electrons. The Balaban J connectivity index is 1.56. The van der Waals surface area contributed by atoms with Gasteiger partial charge in [-0.3, -0.25) is 4.79 Å². The first-order valence-electron chi connectivity index (χ1n) is 7.94. The van der Waals surface area contributed by atoms with E-state index in [9.17, 15) is 4.79 Å². The average Bonchev–Trinajstić information content (AvgIpc) is 3.08. The molecule has 1 aromatic heterocycles. The minimum atomic E-state index is 0.268. The first kappa shape index (κ1) is 14.6. The Hall–Kier alpha value is -1.36. The number of hydrogen-bond donors (Lipinski definition) is 0. The third-order valence-corrected chi connectivity index (χ3v) is 4.56. The van der Waals surface area contributed by atoms with Crippen LogP contribution in [-0.4, -0.2) is 41.8 Å². The zero-order valence-electron chi connectivity index (χ0n) is 12.9. The summed E-state index contributed by atoms with van der Waals surface area (Å²) >= 11 is 0. The molecule has 0 aromatic carbocycles. The van der Waals surface area contributed by atoms with E-state index in [2.05, 4.69) is 10.1 Å². The molecular formula is C16H24N2O3. The van der Waals surface area contributed by atoms with Gasteiger partial charge in [-0.15, -0.1) is 0 Å². The number of hydrogen-bond acceptors (Lipinski definition) is 4. The topological polar surface area (TPSA) is 55.6 Å². The molecule has 3 rings (SSSR count). The monoisotopic (exact) mass is 292 g/mol. The van der Waals surface area contributed by atoms with Crippen LogP contribution in [0.5, 0.6) is 0 Å². The van der Waals surface area contributed by atoms with Crippen LogP contribution in [0.3, 0.4) is 0 Å². The predicted molar refractivity (Wildman–Crippen MR) is 78.0 cm³/mol. The second kappa shape index (κ2) is 6.18. The molecule has 1 aromatic rings. The summed E-state index contributed by atoms with van der Waals surface area (Å²) in [5, 5.41) is 3.95. The SMILES string of the molecule is Cc1noc(C)c1CCC(=O)N(CC1CCOC1)C1CC1. The van der Waals surface area contributed by atoms with Gasteiger partial charge < -0.3 is 14.2 Å². The number of nitrogens with zero attached hydrogens (tertiary/aromatic N) is 2. The highest BCUT2D eigenvalue weighted by molar-refractivity contribution is 5.77. The van der Waals surface area contributed by atoms with Gasteiger partial charge in [-0.05, 0) is 39.5 Å². The fourth-order valence-electron chi connectivity index (χ4n) is 3.08. The Morgan fingerprint density at radius 3 is 2.71 bits per heavy atom. The van der Waals surface area contributed by atoms with Crippen molar-refractivity contribution >= 4 is 5.91 Å². The van der Waals surface area contributed by atoms with Gasteiger partial charge in [0.2, 0.25) is 5.91 Å². The summed E-state index contributed by atoms with van der Waals surface area (Å²) < 4.78 is 10.6. The maximum atomic E-state index is 12.6.